The summed E-state index contributed by atoms with van der Waals surface area (Å²) in [6.07, 6.45) is 8.24. The molecule has 1 saturated heterocycles. The molecule has 0 radical (unpaired) electrons. The summed E-state index contributed by atoms with van der Waals surface area (Å²) in [5.74, 6) is 1.05. The zero-order valence-corrected chi connectivity index (χ0v) is 22.2. The molecule has 2 aliphatic rings. The zero-order valence-electron chi connectivity index (χ0n) is 21.4. The van der Waals surface area contributed by atoms with Crippen LogP contribution >= 0.6 is 0 Å². The summed E-state index contributed by atoms with van der Waals surface area (Å²) in [4.78, 5) is 23.7. The first kappa shape index (κ1) is 25.4. The molecule has 9 nitrogen and oxygen atoms in total. The lowest BCUT2D eigenvalue weighted by atomic mass is 9.90. The molecule has 196 valence electrons. The number of likely N-dealkylation sites (tertiary alicyclic amines) is 1. The number of hydrogen-bond donors (Lipinski definition) is 0. The van der Waals surface area contributed by atoms with Crippen molar-refractivity contribution in [2.75, 3.05) is 20.2 Å². The van der Waals surface area contributed by atoms with Gasteiger partial charge in [0, 0.05) is 31.5 Å². The number of aryl methyl sites for hydroxylation is 2. The predicted molar refractivity (Wildman–Crippen MR) is 137 cm³/mol. The number of carbonyl (C=O) groups excluding carboxylic acids is 1. The van der Waals surface area contributed by atoms with E-state index in [1.54, 1.807) is 50.4 Å². The highest BCUT2D eigenvalue weighted by Gasteiger charge is 2.40. The van der Waals surface area contributed by atoms with Crippen molar-refractivity contribution in [3.63, 3.8) is 0 Å². The third-order valence-corrected chi connectivity index (χ3v) is 9.42. The Morgan fingerprint density at radius 3 is 2.35 bits per heavy atom. The fraction of sp³-hybridized carbons (Fsp3) is 0.444. The molecule has 0 bridgehead atoms. The molecule has 5 rings (SSSR count). The van der Waals surface area contributed by atoms with E-state index in [0.29, 0.717) is 35.9 Å². The standard InChI is InChI=1S/C27H32N4O5S/c1-18-14-23(35-3)15-19(2)26(18)37(33,34)31(22-4-5-22)16-25-29-24(17-36-25)27(32)30-12-8-21(9-13-30)20-6-10-28-11-7-20/h6-7,10-11,14-15,17,21-22H,4-5,8-9,12-13,16H2,1-3H3. The SMILES string of the molecule is COc1cc(C)c(S(=O)(=O)N(Cc2nc(C(=O)N3CCC(c4ccncc4)CC3)co2)C2CC2)c(C)c1. The summed E-state index contributed by atoms with van der Waals surface area (Å²) >= 11 is 0. The van der Waals surface area contributed by atoms with E-state index in [-0.39, 0.29) is 35.0 Å². The maximum atomic E-state index is 13.7. The number of benzene rings is 1. The van der Waals surface area contributed by atoms with Gasteiger partial charge in [0.1, 0.15) is 12.0 Å². The van der Waals surface area contributed by atoms with Crippen molar-refractivity contribution >= 4 is 15.9 Å². The molecule has 2 fully saturated rings. The van der Waals surface area contributed by atoms with Crippen LogP contribution in [0.5, 0.6) is 5.75 Å². The summed E-state index contributed by atoms with van der Waals surface area (Å²) in [6.45, 7) is 4.79. The number of carbonyl (C=O) groups is 1. The number of sulfonamides is 1. The Kier molecular flexibility index (Phi) is 7.04. The zero-order chi connectivity index (χ0) is 26.2. The fourth-order valence-corrected chi connectivity index (χ4v) is 7.20. The number of aromatic nitrogens is 2. The van der Waals surface area contributed by atoms with Gasteiger partial charge < -0.3 is 14.1 Å². The highest BCUT2D eigenvalue weighted by molar-refractivity contribution is 7.89. The van der Waals surface area contributed by atoms with E-state index in [1.165, 1.54) is 16.1 Å². The number of piperidine rings is 1. The van der Waals surface area contributed by atoms with Gasteiger partial charge in [0.05, 0.1) is 18.6 Å². The van der Waals surface area contributed by atoms with E-state index in [0.717, 1.165) is 25.7 Å². The van der Waals surface area contributed by atoms with Crippen LogP contribution in [-0.2, 0) is 16.6 Å². The Hall–Kier alpha value is -3.24. The molecule has 1 saturated carbocycles. The average molecular weight is 525 g/mol. The van der Waals surface area contributed by atoms with Crippen molar-refractivity contribution in [3.05, 3.63) is 71.2 Å². The number of nitrogens with zero attached hydrogens (tertiary/aromatic N) is 4. The lowest BCUT2D eigenvalue weighted by molar-refractivity contribution is 0.0707. The highest BCUT2D eigenvalue weighted by Crippen LogP contribution is 2.36. The number of rotatable bonds is 8. The minimum Gasteiger partial charge on any atom is -0.497 e. The van der Waals surface area contributed by atoms with Gasteiger partial charge in [0.2, 0.25) is 15.9 Å². The summed E-state index contributed by atoms with van der Waals surface area (Å²) in [6, 6.07) is 7.40. The number of hydrogen-bond acceptors (Lipinski definition) is 7. The maximum Gasteiger partial charge on any atom is 0.275 e. The monoisotopic (exact) mass is 524 g/mol. The minimum absolute atomic E-state index is 0.0185. The molecule has 0 atom stereocenters. The Morgan fingerprint density at radius 2 is 1.76 bits per heavy atom. The second-order valence-corrected chi connectivity index (χ2v) is 11.7. The molecule has 10 heteroatoms. The molecular formula is C27H32N4O5S. The van der Waals surface area contributed by atoms with Crippen molar-refractivity contribution in [1.82, 2.24) is 19.2 Å². The Bertz CT molecular complexity index is 1350. The van der Waals surface area contributed by atoms with Crippen LogP contribution in [0.3, 0.4) is 0 Å². The van der Waals surface area contributed by atoms with Crippen LogP contribution in [0.2, 0.25) is 0 Å². The number of amides is 1. The quantitative estimate of drug-likeness (QED) is 0.437. The Morgan fingerprint density at radius 1 is 1.11 bits per heavy atom. The number of oxazole rings is 1. The first-order valence-electron chi connectivity index (χ1n) is 12.6. The molecule has 0 unspecified atom stereocenters. The van der Waals surface area contributed by atoms with Crippen molar-refractivity contribution in [2.45, 2.75) is 62.9 Å². The van der Waals surface area contributed by atoms with Crippen LogP contribution in [-0.4, -0.2) is 59.7 Å². The van der Waals surface area contributed by atoms with E-state index in [1.807, 2.05) is 12.1 Å². The lowest BCUT2D eigenvalue weighted by Gasteiger charge is -2.31. The van der Waals surface area contributed by atoms with E-state index >= 15 is 0 Å². The van der Waals surface area contributed by atoms with Crippen LogP contribution in [0.1, 0.15) is 64.7 Å². The van der Waals surface area contributed by atoms with Crippen LogP contribution < -0.4 is 4.74 Å². The maximum absolute atomic E-state index is 13.7. The molecule has 0 N–H and O–H groups in total. The highest BCUT2D eigenvalue weighted by atomic mass is 32.2. The number of ether oxygens (including phenoxy) is 1. The molecule has 37 heavy (non-hydrogen) atoms. The molecule has 3 heterocycles. The second kappa shape index (κ2) is 10.3. The van der Waals surface area contributed by atoms with E-state index in [2.05, 4.69) is 9.97 Å². The molecular weight excluding hydrogens is 492 g/mol. The third-order valence-electron chi connectivity index (χ3n) is 7.21. The predicted octanol–water partition coefficient (Wildman–Crippen LogP) is 4.07. The van der Waals surface area contributed by atoms with Crippen LogP contribution in [0.4, 0.5) is 0 Å². The van der Waals surface area contributed by atoms with Gasteiger partial charge in [0.25, 0.3) is 5.91 Å². The van der Waals surface area contributed by atoms with Crippen molar-refractivity contribution in [2.24, 2.45) is 0 Å². The summed E-state index contributed by atoms with van der Waals surface area (Å²) in [7, 11) is -2.25. The van der Waals surface area contributed by atoms with Gasteiger partial charge >= 0.3 is 0 Å². The lowest BCUT2D eigenvalue weighted by Crippen LogP contribution is -2.38. The smallest absolute Gasteiger partial charge is 0.275 e. The molecule has 0 spiro atoms. The Labute approximate surface area is 217 Å². The van der Waals surface area contributed by atoms with Crippen LogP contribution in [0.15, 0.2) is 52.2 Å². The van der Waals surface area contributed by atoms with Gasteiger partial charge in [0.15, 0.2) is 5.69 Å². The second-order valence-electron chi connectivity index (χ2n) is 9.85. The van der Waals surface area contributed by atoms with Gasteiger partial charge in [-0.2, -0.15) is 4.31 Å². The fourth-order valence-electron chi connectivity index (χ4n) is 5.15. The largest absolute Gasteiger partial charge is 0.497 e. The van der Waals surface area contributed by atoms with Crippen molar-refractivity contribution in [1.29, 1.82) is 0 Å². The van der Waals surface area contributed by atoms with Gasteiger partial charge in [-0.15, -0.1) is 0 Å². The molecule has 1 amide bonds. The molecule has 2 aromatic heterocycles. The van der Waals surface area contributed by atoms with E-state index in [4.69, 9.17) is 9.15 Å². The van der Waals surface area contributed by atoms with E-state index < -0.39 is 10.0 Å². The van der Waals surface area contributed by atoms with Gasteiger partial charge in [-0.25, -0.2) is 13.4 Å². The topological polar surface area (TPSA) is 106 Å². The first-order valence-corrected chi connectivity index (χ1v) is 14.0. The number of pyridine rings is 1. The Balaban J connectivity index is 1.29. The van der Waals surface area contributed by atoms with E-state index in [9.17, 15) is 13.2 Å². The van der Waals surface area contributed by atoms with Crippen molar-refractivity contribution < 1.29 is 22.4 Å². The van der Waals surface area contributed by atoms with Gasteiger partial charge in [-0.3, -0.25) is 9.78 Å². The van der Waals surface area contributed by atoms with Gasteiger partial charge in [-0.1, -0.05) is 0 Å². The third kappa shape index (κ3) is 5.26. The van der Waals surface area contributed by atoms with Gasteiger partial charge in [-0.05, 0) is 86.4 Å². The average Bonchev–Trinajstić information content (AvgIpc) is 3.63. The first-order chi connectivity index (χ1) is 17.8. The summed E-state index contributed by atoms with van der Waals surface area (Å²) in [5.41, 5.74) is 2.71. The number of methoxy groups -OCH3 is 1. The van der Waals surface area contributed by atoms with Crippen LogP contribution in [0, 0.1) is 13.8 Å². The normalized spacial score (nSPS) is 16.8. The summed E-state index contributed by atoms with van der Waals surface area (Å²) in [5, 5.41) is 0. The molecule has 1 aromatic carbocycles. The minimum atomic E-state index is -3.81. The van der Waals surface area contributed by atoms with Crippen LogP contribution in [0.25, 0.3) is 0 Å². The molecule has 1 aliphatic carbocycles. The summed E-state index contributed by atoms with van der Waals surface area (Å²) < 4.78 is 39.8. The molecule has 3 aromatic rings. The van der Waals surface area contributed by atoms with Crippen molar-refractivity contribution in [3.8, 4) is 5.75 Å². The molecule has 1 aliphatic heterocycles.